The molecule has 6 nitrogen and oxygen atoms in total. The van der Waals surface area contributed by atoms with Crippen molar-refractivity contribution in [2.75, 3.05) is 33.2 Å². The van der Waals surface area contributed by atoms with Crippen LogP contribution in [0.3, 0.4) is 0 Å². The number of hydrogen-bond acceptors (Lipinski definition) is 6. The van der Waals surface area contributed by atoms with Crippen LogP contribution in [0.1, 0.15) is 36.5 Å². The van der Waals surface area contributed by atoms with Gasteiger partial charge in [-0.3, -0.25) is 4.90 Å². The number of tetrazole rings is 1. The Bertz CT molecular complexity index is 564. The predicted molar refractivity (Wildman–Crippen MR) is 95.2 cm³/mol. The van der Waals surface area contributed by atoms with Crippen LogP contribution < -0.4 is 0 Å². The Labute approximate surface area is 147 Å². The van der Waals surface area contributed by atoms with Gasteiger partial charge < -0.3 is 4.90 Å². The molecule has 1 fully saturated rings. The second-order valence-corrected chi connectivity index (χ2v) is 6.95. The van der Waals surface area contributed by atoms with E-state index < -0.39 is 0 Å². The summed E-state index contributed by atoms with van der Waals surface area (Å²) in [5.41, 5.74) is 0. The van der Waals surface area contributed by atoms with Crippen LogP contribution in [-0.2, 0) is 6.54 Å². The van der Waals surface area contributed by atoms with Crippen LogP contribution in [0.15, 0.2) is 17.5 Å². The van der Waals surface area contributed by atoms with Gasteiger partial charge in [0.2, 0.25) is 0 Å². The van der Waals surface area contributed by atoms with Gasteiger partial charge in [0.15, 0.2) is 5.82 Å². The fourth-order valence-corrected chi connectivity index (χ4v) is 3.68. The van der Waals surface area contributed by atoms with E-state index >= 15 is 0 Å². The van der Waals surface area contributed by atoms with Gasteiger partial charge >= 0.3 is 0 Å². The first-order chi connectivity index (χ1) is 10.8. The van der Waals surface area contributed by atoms with Crippen molar-refractivity contribution < 1.29 is 0 Å². The third kappa shape index (κ3) is 4.50. The number of aromatic nitrogens is 4. The minimum Gasteiger partial charge on any atom is -0.304 e. The van der Waals surface area contributed by atoms with Crippen LogP contribution in [-0.4, -0.2) is 63.2 Å². The summed E-state index contributed by atoms with van der Waals surface area (Å²) in [6, 6.07) is 4.54. The van der Waals surface area contributed by atoms with Gasteiger partial charge in [-0.2, -0.15) is 0 Å². The first kappa shape index (κ1) is 18.3. The van der Waals surface area contributed by atoms with Crippen molar-refractivity contribution in [1.82, 2.24) is 30.0 Å². The molecule has 0 spiro atoms. The average molecular weight is 357 g/mol. The van der Waals surface area contributed by atoms with E-state index in [9.17, 15) is 0 Å². The van der Waals surface area contributed by atoms with Gasteiger partial charge in [0, 0.05) is 31.1 Å². The number of rotatable bonds is 6. The van der Waals surface area contributed by atoms with Crippen molar-refractivity contribution in [2.24, 2.45) is 0 Å². The van der Waals surface area contributed by atoms with E-state index in [1.54, 1.807) is 11.3 Å². The predicted octanol–water partition coefficient (Wildman–Crippen LogP) is 2.29. The molecule has 23 heavy (non-hydrogen) atoms. The number of likely N-dealkylation sites (N-methyl/N-ethyl adjacent to an activating group) is 1. The van der Waals surface area contributed by atoms with E-state index in [0.717, 1.165) is 51.4 Å². The van der Waals surface area contributed by atoms with E-state index in [4.69, 9.17) is 0 Å². The highest BCUT2D eigenvalue weighted by atomic mass is 35.5. The molecule has 0 radical (unpaired) electrons. The lowest BCUT2D eigenvalue weighted by Crippen LogP contribution is -2.46. The molecule has 1 saturated heterocycles. The van der Waals surface area contributed by atoms with Crippen molar-refractivity contribution >= 4 is 23.7 Å². The van der Waals surface area contributed by atoms with E-state index in [0.29, 0.717) is 6.04 Å². The molecule has 0 N–H and O–H groups in total. The van der Waals surface area contributed by atoms with E-state index in [1.165, 1.54) is 4.88 Å². The van der Waals surface area contributed by atoms with E-state index in [-0.39, 0.29) is 12.4 Å². The van der Waals surface area contributed by atoms with E-state index in [1.807, 2.05) is 4.68 Å². The van der Waals surface area contributed by atoms with Gasteiger partial charge in [0.25, 0.3) is 0 Å². The number of hydrogen-bond donors (Lipinski definition) is 0. The molecule has 1 unspecified atom stereocenters. The zero-order chi connectivity index (χ0) is 15.4. The zero-order valence-electron chi connectivity index (χ0n) is 13.8. The molecule has 3 heterocycles. The van der Waals surface area contributed by atoms with Crippen molar-refractivity contribution in [3.05, 3.63) is 28.2 Å². The topological polar surface area (TPSA) is 50.1 Å². The summed E-state index contributed by atoms with van der Waals surface area (Å²) >= 11 is 1.75. The highest BCUT2D eigenvalue weighted by Crippen LogP contribution is 2.25. The summed E-state index contributed by atoms with van der Waals surface area (Å²) in [6.07, 6.45) is 2.25. The summed E-state index contributed by atoms with van der Waals surface area (Å²) in [7, 11) is 2.19. The Kier molecular flexibility index (Phi) is 6.95. The second-order valence-electron chi connectivity index (χ2n) is 5.92. The van der Waals surface area contributed by atoms with E-state index in [2.05, 4.69) is 56.8 Å². The van der Waals surface area contributed by atoms with Crippen molar-refractivity contribution in [2.45, 2.75) is 32.4 Å². The van der Waals surface area contributed by atoms with Gasteiger partial charge in [-0.1, -0.05) is 19.4 Å². The Balaban J connectivity index is 0.00000192. The first-order valence-corrected chi connectivity index (χ1v) is 8.87. The smallest absolute Gasteiger partial charge is 0.168 e. The van der Waals surface area contributed by atoms with Gasteiger partial charge in [-0.15, -0.1) is 28.8 Å². The molecule has 0 amide bonds. The zero-order valence-corrected chi connectivity index (χ0v) is 15.4. The second kappa shape index (κ2) is 8.73. The number of nitrogens with zero attached hydrogens (tertiary/aromatic N) is 6. The Morgan fingerprint density at radius 2 is 2.04 bits per heavy atom. The highest BCUT2D eigenvalue weighted by Gasteiger charge is 2.27. The Morgan fingerprint density at radius 3 is 2.70 bits per heavy atom. The summed E-state index contributed by atoms with van der Waals surface area (Å²) in [5.74, 6) is 1.01. The van der Waals surface area contributed by atoms with Crippen LogP contribution >= 0.6 is 23.7 Å². The van der Waals surface area contributed by atoms with Crippen molar-refractivity contribution in [3.63, 3.8) is 0 Å². The molecule has 0 aliphatic carbocycles. The SMILES string of the molecule is CCCC(c1nnnn1Cc1cccs1)N1CCN(C)CC1.Cl. The van der Waals surface area contributed by atoms with Crippen LogP contribution in [0.4, 0.5) is 0 Å². The summed E-state index contributed by atoms with van der Waals surface area (Å²) in [4.78, 5) is 6.22. The molecule has 1 aliphatic heterocycles. The minimum atomic E-state index is 0. The third-order valence-electron chi connectivity index (χ3n) is 4.28. The molecule has 0 bridgehead atoms. The molecule has 128 valence electrons. The molecular weight excluding hydrogens is 332 g/mol. The lowest BCUT2D eigenvalue weighted by molar-refractivity contribution is 0.0997. The van der Waals surface area contributed by atoms with Gasteiger partial charge in [0.05, 0.1) is 12.6 Å². The van der Waals surface area contributed by atoms with Crippen LogP contribution in [0, 0.1) is 0 Å². The van der Waals surface area contributed by atoms with Crippen LogP contribution in [0.5, 0.6) is 0 Å². The maximum atomic E-state index is 4.36. The van der Waals surface area contributed by atoms with Gasteiger partial charge in [-0.05, 0) is 35.3 Å². The number of thiophene rings is 1. The molecule has 1 aliphatic rings. The Morgan fingerprint density at radius 1 is 1.26 bits per heavy atom. The molecule has 8 heteroatoms. The Hall–Kier alpha value is -1.02. The van der Waals surface area contributed by atoms with Gasteiger partial charge in [0.1, 0.15) is 0 Å². The number of halogens is 1. The first-order valence-electron chi connectivity index (χ1n) is 7.99. The lowest BCUT2D eigenvalue weighted by atomic mass is 10.1. The lowest BCUT2D eigenvalue weighted by Gasteiger charge is -2.37. The van der Waals surface area contributed by atoms with Crippen LogP contribution in [0.2, 0.25) is 0 Å². The summed E-state index contributed by atoms with van der Waals surface area (Å²) < 4.78 is 1.98. The monoisotopic (exact) mass is 356 g/mol. The normalized spacial score (nSPS) is 17.8. The average Bonchev–Trinajstić information content (AvgIpc) is 3.18. The highest BCUT2D eigenvalue weighted by molar-refractivity contribution is 7.09. The molecule has 2 aromatic rings. The third-order valence-corrected chi connectivity index (χ3v) is 5.15. The fourth-order valence-electron chi connectivity index (χ4n) is 2.99. The molecule has 2 aromatic heterocycles. The summed E-state index contributed by atoms with van der Waals surface area (Å²) in [5, 5.41) is 14.6. The molecular formula is C15H25ClN6S. The molecule has 0 aromatic carbocycles. The minimum absolute atomic E-state index is 0. The maximum Gasteiger partial charge on any atom is 0.168 e. The van der Waals surface area contributed by atoms with Crippen molar-refractivity contribution in [1.29, 1.82) is 0 Å². The quantitative estimate of drug-likeness (QED) is 0.794. The largest absolute Gasteiger partial charge is 0.304 e. The standard InChI is InChI=1S/C15H24N6S.ClH/c1-3-5-14(20-9-7-19(2)8-10-20)15-16-17-18-21(15)12-13-6-4-11-22-13;/h4,6,11,14H,3,5,7-10,12H2,1-2H3;1H. The number of piperazine rings is 1. The van der Waals surface area contributed by atoms with Gasteiger partial charge in [-0.25, -0.2) is 4.68 Å². The van der Waals surface area contributed by atoms with Crippen LogP contribution in [0.25, 0.3) is 0 Å². The molecule has 0 saturated carbocycles. The molecule has 3 rings (SSSR count). The maximum absolute atomic E-state index is 4.36. The fraction of sp³-hybridized carbons (Fsp3) is 0.667. The molecule has 1 atom stereocenters. The summed E-state index contributed by atoms with van der Waals surface area (Å²) in [6.45, 7) is 7.42. The van der Waals surface area contributed by atoms with Crippen molar-refractivity contribution in [3.8, 4) is 0 Å².